The number of ether oxygens (including phenoxy) is 3. The smallest absolute Gasteiger partial charge is 0.262 e. The second-order valence-corrected chi connectivity index (χ2v) is 7.28. The lowest BCUT2D eigenvalue weighted by Gasteiger charge is -2.18. The first-order chi connectivity index (χ1) is 15.2. The number of carbonyl (C=O) groups is 1. The molecule has 0 spiro atoms. The molecule has 2 aliphatic heterocycles. The SMILES string of the molecule is O=C(COc1coc(CN2CCc3ccccc32)cc1=O)Nc1ccc2c(c1)OCO2. The summed E-state index contributed by atoms with van der Waals surface area (Å²) in [7, 11) is 0. The number of hydrogen-bond donors (Lipinski definition) is 1. The third kappa shape index (κ3) is 4.05. The van der Waals surface area contributed by atoms with Crippen molar-refractivity contribution in [3.8, 4) is 17.2 Å². The lowest BCUT2D eigenvalue weighted by molar-refractivity contribution is -0.118. The first-order valence-electron chi connectivity index (χ1n) is 9.92. The lowest BCUT2D eigenvalue weighted by Crippen LogP contribution is -2.23. The predicted molar refractivity (Wildman–Crippen MR) is 113 cm³/mol. The maximum atomic E-state index is 12.4. The number of para-hydroxylation sites is 1. The number of amides is 1. The highest BCUT2D eigenvalue weighted by Crippen LogP contribution is 2.34. The molecule has 0 bridgehead atoms. The third-order valence-corrected chi connectivity index (χ3v) is 5.20. The van der Waals surface area contributed by atoms with E-state index in [1.165, 1.54) is 17.9 Å². The second kappa shape index (κ2) is 8.06. The van der Waals surface area contributed by atoms with Crippen molar-refractivity contribution in [1.29, 1.82) is 0 Å². The van der Waals surface area contributed by atoms with Crippen LogP contribution in [0.25, 0.3) is 0 Å². The van der Waals surface area contributed by atoms with E-state index in [9.17, 15) is 9.59 Å². The normalized spacial score (nSPS) is 13.7. The molecule has 1 N–H and O–H groups in total. The number of carbonyl (C=O) groups excluding carboxylic acids is 1. The van der Waals surface area contributed by atoms with Gasteiger partial charge in [-0.05, 0) is 30.2 Å². The Morgan fingerprint density at radius 3 is 2.87 bits per heavy atom. The molecule has 0 saturated carbocycles. The van der Waals surface area contributed by atoms with E-state index < -0.39 is 5.91 Å². The summed E-state index contributed by atoms with van der Waals surface area (Å²) in [5.74, 6) is 1.32. The van der Waals surface area contributed by atoms with Crippen LogP contribution in [-0.2, 0) is 17.8 Å². The molecule has 1 aromatic heterocycles. The first kappa shape index (κ1) is 19.0. The monoisotopic (exact) mass is 420 g/mol. The van der Waals surface area contributed by atoms with Crippen molar-refractivity contribution in [2.24, 2.45) is 0 Å². The third-order valence-electron chi connectivity index (χ3n) is 5.20. The summed E-state index contributed by atoms with van der Waals surface area (Å²) in [5.41, 5.74) is 2.67. The van der Waals surface area contributed by atoms with Gasteiger partial charge >= 0.3 is 0 Å². The zero-order chi connectivity index (χ0) is 21.2. The first-order valence-corrected chi connectivity index (χ1v) is 9.92. The van der Waals surface area contributed by atoms with Crippen LogP contribution in [-0.4, -0.2) is 25.9 Å². The summed E-state index contributed by atoms with van der Waals surface area (Å²) in [6.45, 7) is 1.21. The van der Waals surface area contributed by atoms with Crippen molar-refractivity contribution < 1.29 is 23.4 Å². The fraction of sp³-hybridized carbons (Fsp3) is 0.217. The van der Waals surface area contributed by atoms with Crippen LogP contribution in [0.1, 0.15) is 11.3 Å². The highest BCUT2D eigenvalue weighted by atomic mass is 16.7. The van der Waals surface area contributed by atoms with Gasteiger partial charge in [0.15, 0.2) is 18.1 Å². The molecule has 8 heteroatoms. The Bertz CT molecular complexity index is 1190. The Hall–Kier alpha value is -3.94. The minimum absolute atomic E-state index is 0.00795. The van der Waals surface area contributed by atoms with Crippen LogP contribution in [0.4, 0.5) is 11.4 Å². The van der Waals surface area contributed by atoms with Gasteiger partial charge in [0.25, 0.3) is 5.91 Å². The average Bonchev–Trinajstić information content (AvgIpc) is 3.40. The number of fused-ring (bicyclic) bond motifs is 2. The fourth-order valence-corrected chi connectivity index (χ4v) is 3.70. The van der Waals surface area contributed by atoms with E-state index in [2.05, 4.69) is 22.3 Å². The molecular weight excluding hydrogens is 400 g/mol. The zero-order valence-corrected chi connectivity index (χ0v) is 16.6. The molecule has 1 amide bonds. The summed E-state index contributed by atoms with van der Waals surface area (Å²) >= 11 is 0. The van der Waals surface area contributed by atoms with Crippen LogP contribution in [0.2, 0.25) is 0 Å². The number of anilines is 2. The Labute approximate surface area is 178 Å². The summed E-state index contributed by atoms with van der Waals surface area (Å²) in [6.07, 6.45) is 2.23. The highest BCUT2D eigenvalue weighted by molar-refractivity contribution is 5.92. The second-order valence-electron chi connectivity index (χ2n) is 7.28. The highest BCUT2D eigenvalue weighted by Gasteiger charge is 2.20. The van der Waals surface area contributed by atoms with E-state index in [0.717, 1.165) is 18.7 Å². The number of hydrogen-bond acceptors (Lipinski definition) is 7. The molecule has 2 aliphatic rings. The Balaban J connectivity index is 1.18. The van der Waals surface area contributed by atoms with E-state index >= 15 is 0 Å². The topological polar surface area (TPSA) is 90.2 Å². The van der Waals surface area contributed by atoms with Gasteiger partial charge in [-0.2, -0.15) is 0 Å². The molecule has 0 unspecified atom stereocenters. The van der Waals surface area contributed by atoms with Crippen molar-refractivity contribution >= 4 is 17.3 Å². The predicted octanol–water partition coefficient (Wildman–Crippen LogP) is 2.95. The molecule has 5 rings (SSSR count). The van der Waals surface area contributed by atoms with Crippen molar-refractivity contribution in [3.05, 3.63) is 76.3 Å². The van der Waals surface area contributed by atoms with Crippen LogP contribution < -0.4 is 29.9 Å². The molecule has 8 nitrogen and oxygen atoms in total. The molecule has 0 fully saturated rings. The van der Waals surface area contributed by atoms with Crippen LogP contribution in [0.15, 0.2) is 64.0 Å². The van der Waals surface area contributed by atoms with Gasteiger partial charge in [0, 0.05) is 30.1 Å². The van der Waals surface area contributed by atoms with Gasteiger partial charge in [-0.1, -0.05) is 18.2 Å². The molecule has 31 heavy (non-hydrogen) atoms. The standard InChI is InChI=1S/C23H20N2O6/c26-19-10-17(11-25-8-7-15-3-1-2-4-18(15)25)28-12-22(19)29-13-23(27)24-16-5-6-20-21(9-16)31-14-30-20/h1-6,9-10,12H,7-8,11,13-14H2,(H,24,27). The van der Waals surface area contributed by atoms with Gasteiger partial charge in [0.1, 0.15) is 12.0 Å². The van der Waals surface area contributed by atoms with E-state index in [1.54, 1.807) is 18.2 Å². The Kier molecular flexibility index (Phi) is 4.95. The van der Waals surface area contributed by atoms with Crippen LogP contribution in [0.5, 0.6) is 17.2 Å². The number of rotatable bonds is 6. The van der Waals surface area contributed by atoms with Crippen molar-refractivity contribution in [3.63, 3.8) is 0 Å². The number of nitrogens with zero attached hydrogens (tertiary/aromatic N) is 1. The Morgan fingerprint density at radius 2 is 1.97 bits per heavy atom. The summed E-state index contributed by atoms with van der Waals surface area (Å²) in [5, 5.41) is 2.69. The Morgan fingerprint density at radius 1 is 1.10 bits per heavy atom. The fourth-order valence-electron chi connectivity index (χ4n) is 3.70. The van der Waals surface area contributed by atoms with E-state index in [1.807, 2.05) is 12.1 Å². The average molecular weight is 420 g/mol. The molecule has 2 aromatic carbocycles. The van der Waals surface area contributed by atoms with Gasteiger partial charge in [-0.3, -0.25) is 9.59 Å². The van der Waals surface area contributed by atoms with Crippen LogP contribution in [0.3, 0.4) is 0 Å². The molecular formula is C23H20N2O6. The largest absolute Gasteiger partial charge is 0.477 e. The lowest BCUT2D eigenvalue weighted by atomic mass is 10.2. The number of nitrogens with one attached hydrogen (secondary N) is 1. The maximum Gasteiger partial charge on any atom is 0.262 e. The summed E-state index contributed by atoms with van der Waals surface area (Å²) in [4.78, 5) is 26.7. The van der Waals surface area contributed by atoms with Crippen LogP contribution >= 0.6 is 0 Å². The minimum atomic E-state index is -0.406. The minimum Gasteiger partial charge on any atom is -0.477 e. The van der Waals surface area contributed by atoms with Crippen molar-refractivity contribution in [2.45, 2.75) is 13.0 Å². The van der Waals surface area contributed by atoms with Crippen molar-refractivity contribution in [2.75, 3.05) is 30.2 Å². The van der Waals surface area contributed by atoms with E-state index in [4.69, 9.17) is 18.6 Å². The van der Waals surface area contributed by atoms with Crippen molar-refractivity contribution in [1.82, 2.24) is 0 Å². The molecule has 0 saturated heterocycles. The molecule has 3 aromatic rings. The van der Waals surface area contributed by atoms with Gasteiger partial charge < -0.3 is 28.8 Å². The van der Waals surface area contributed by atoms with Gasteiger partial charge in [0.2, 0.25) is 18.0 Å². The number of benzene rings is 2. The molecule has 3 heterocycles. The van der Waals surface area contributed by atoms with E-state index in [0.29, 0.717) is 29.5 Å². The van der Waals surface area contributed by atoms with Gasteiger partial charge in [-0.15, -0.1) is 0 Å². The van der Waals surface area contributed by atoms with Crippen LogP contribution in [0, 0.1) is 0 Å². The molecule has 0 atom stereocenters. The quantitative estimate of drug-likeness (QED) is 0.656. The molecule has 0 radical (unpaired) electrons. The van der Waals surface area contributed by atoms with Gasteiger partial charge in [-0.25, -0.2) is 0 Å². The van der Waals surface area contributed by atoms with E-state index in [-0.39, 0.29) is 24.6 Å². The summed E-state index contributed by atoms with van der Waals surface area (Å²) in [6, 6.07) is 14.7. The summed E-state index contributed by atoms with van der Waals surface area (Å²) < 4.78 is 21.5. The maximum absolute atomic E-state index is 12.4. The zero-order valence-electron chi connectivity index (χ0n) is 16.6. The molecule has 0 aliphatic carbocycles. The van der Waals surface area contributed by atoms with Gasteiger partial charge in [0.05, 0.1) is 6.54 Å². The molecule has 158 valence electrons.